The Morgan fingerprint density at radius 2 is 1.76 bits per heavy atom. The zero-order valence-electron chi connectivity index (χ0n) is 16.6. The predicted octanol–water partition coefficient (Wildman–Crippen LogP) is 4.77. The Morgan fingerprint density at radius 1 is 1.00 bits per heavy atom. The fourth-order valence-electron chi connectivity index (χ4n) is 3.55. The summed E-state index contributed by atoms with van der Waals surface area (Å²) in [5, 5.41) is 0. The van der Waals surface area contributed by atoms with Gasteiger partial charge in [-0.2, -0.15) is 0 Å². The number of imidazole rings is 1. The second kappa shape index (κ2) is 8.19. The summed E-state index contributed by atoms with van der Waals surface area (Å²) in [6, 6.07) is 25.4. The highest BCUT2D eigenvalue weighted by molar-refractivity contribution is 5.94. The first kappa shape index (κ1) is 18.7. The van der Waals surface area contributed by atoms with Crippen molar-refractivity contribution >= 4 is 22.6 Å². The van der Waals surface area contributed by atoms with Crippen LogP contribution in [-0.2, 0) is 11.3 Å². The van der Waals surface area contributed by atoms with Gasteiger partial charge in [-0.05, 0) is 43.3 Å². The Balaban J connectivity index is 1.77. The molecule has 4 aromatic rings. The molecule has 0 fully saturated rings. The number of carbonyl (C=O) groups is 1. The molecule has 146 valence electrons. The van der Waals surface area contributed by atoms with E-state index in [0.717, 1.165) is 33.9 Å². The van der Waals surface area contributed by atoms with Crippen LogP contribution in [0.5, 0.6) is 5.75 Å². The van der Waals surface area contributed by atoms with Crippen LogP contribution in [0.1, 0.15) is 6.92 Å². The quantitative estimate of drug-likeness (QED) is 0.481. The Bertz CT molecular complexity index is 1140. The molecule has 0 bridgehead atoms. The van der Waals surface area contributed by atoms with Crippen molar-refractivity contribution in [1.82, 2.24) is 9.55 Å². The van der Waals surface area contributed by atoms with Gasteiger partial charge in [0.2, 0.25) is 5.91 Å². The Hall–Kier alpha value is -3.60. The lowest BCUT2D eigenvalue weighted by molar-refractivity contribution is -0.119. The van der Waals surface area contributed by atoms with Gasteiger partial charge in [0.05, 0.1) is 18.1 Å². The zero-order chi connectivity index (χ0) is 20.2. The van der Waals surface area contributed by atoms with Crippen LogP contribution in [-0.4, -0.2) is 29.1 Å². The van der Waals surface area contributed by atoms with Gasteiger partial charge in [0.25, 0.3) is 0 Å². The van der Waals surface area contributed by atoms with Gasteiger partial charge in [0, 0.05) is 17.8 Å². The summed E-state index contributed by atoms with van der Waals surface area (Å²) >= 11 is 0. The smallest absolute Gasteiger partial charge is 0.246 e. The van der Waals surface area contributed by atoms with Gasteiger partial charge in [0.1, 0.15) is 18.1 Å². The van der Waals surface area contributed by atoms with E-state index in [0.29, 0.717) is 6.54 Å². The highest BCUT2D eigenvalue weighted by atomic mass is 16.5. The van der Waals surface area contributed by atoms with Crippen LogP contribution >= 0.6 is 0 Å². The molecular weight excluding hydrogens is 362 g/mol. The normalized spacial score (nSPS) is 10.8. The molecule has 0 aliphatic carbocycles. The molecule has 5 heteroatoms. The highest BCUT2D eigenvalue weighted by Gasteiger charge is 2.19. The summed E-state index contributed by atoms with van der Waals surface area (Å²) in [7, 11) is 1.64. The van der Waals surface area contributed by atoms with E-state index in [9.17, 15) is 4.79 Å². The summed E-state index contributed by atoms with van der Waals surface area (Å²) in [5.74, 6) is 1.53. The van der Waals surface area contributed by atoms with Crippen LogP contribution in [0.15, 0.2) is 78.9 Å². The second-order valence-corrected chi connectivity index (χ2v) is 6.72. The first-order valence-electron chi connectivity index (χ1n) is 9.66. The second-order valence-electron chi connectivity index (χ2n) is 6.72. The summed E-state index contributed by atoms with van der Waals surface area (Å²) in [4.78, 5) is 19.8. The third-order valence-corrected chi connectivity index (χ3v) is 4.96. The van der Waals surface area contributed by atoms with Crippen LogP contribution in [0, 0.1) is 0 Å². The number of rotatable bonds is 6. The van der Waals surface area contributed by atoms with E-state index in [-0.39, 0.29) is 12.5 Å². The van der Waals surface area contributed by atoms with Gasteiger partial charge in [-0.3, -0.25) is 4.79 Å². The maximum atomic E-state index is 13.2. The lowest BCUT2D eigenvalue weighted by Gasteiger charge is -2.22. The molecule has 0 saturated carbocycles. The summed E-state index contributed by atoms with van der Waals surface area (Å²) in [6.07, 6.45) is 0. The molecule has 1 aromatic heterocycles. The number of hydrogen-bond donors (Lipinski definition) is 0. The van der Waals surface area contributed by atoms with Crippen molar-refractivity contribution in [3.63, 3.8) is 0 Å². The number of benzene rings is 3. The zero-order valence-corrected chi connectivity index (χ0v) is 16.6. The number of likely N-dealkylation sites (N-methyl/N-ethyl adjacent to an activating group) is 1. The van der Waals surface area contributed by atoms with Crippen LogP contribution in [0.3, 0.4) is 0 Å². The van der Waals surface area contributed by atoms with E-state index in [1.54, 1.807) is 12.0 Å². The monoisotopic (exact) mass is 385 g/mol. The number of hydrogen-bond acceptors (Lipinski definition) is 3. The van der Waals surface area contributed by atoms with E-state index in [2.05, 4.69) is 0 Å². The number of amides is 1. The van der Waals surface area contributed by atoms with E-state index < -0.39 is 0 Å². The molecule has 0 radical (unpaired) electrons. The van der Waals surface area contributed by atoms with Crippen molar-refractivity contribution in [3.05, 3.63) is 78.9 Å². The summed E-state index contributed by atoms with van der Waals surface area (Å²) < 4.78 is 7.36. The molecule has 0 atom stereocenters. The Morgan fingerprint density at radius 3 is 2.52 bits per heavy atom. The molecule has 1 heterocycles. The van der Waals surface area contributed by atoms with Crippen LogP contribution in [0.25, 0.3) is 22.4 Å². The molecule has 0 aliphatic rings. The average molecular weight is 385 g/mol. The SMILES string of the molecule is CCN(C(=O)Cn1c(-c2cccc(OC)c2)nc2ccccc21)c1ccccc1. The number of methoxy groups -OCH3 is 1. The molecule has 29 heavy (non-hydrogen) atoms. The molecule has 0 N–H and O–H groups in total. The maximum Gasteiger partial charge on any atom is 0.246 e. The summed E-state index contributed by atoms with van der Waals surface area (Å²) in [6.45, 7) is 2.79. The van der Waals surface area contributed by atoms with Crippen molar-refractivity contribution < 1.29 is 9.53 Å². The molecule has 0 unspecified atom stereocenters. The lowest BCUT2D eigenvalue weighted by Crippen LogP contribution is -2.33. The average Bonchev–Trinajstić information content (AvgIpc) is 3.13. The van der Waals surface area contributed by atoms with E-state index in [1.165, 1.54) is 0 Å². The van der Waals surface area contributed by atoms with E-state index in [1.807, 2.05) is 90.4 Å². The first-order valence-corrected chi connectivity index (χ1v) is 9.66. The van der Waals surface area contributed by atoms with Crippen molar-refractivity contribution in [2.45, 2.75) is 13.5 Å². The predicted molar refractivity (Wildman–Crippen MR) is 116 cm³/mol. The molecule has 5 nitrogen and oxygen atoms in total. The number of anilines is 1. The van der Waals surface area contributed by atoms with Crippen molar-refractivity contribution in [3.8, 4) is 17.1 Å². The fourth-order valence-corrected chi connectivity index (χ4v) is 3.55. The topological polar surface area (TPSA) is 47.4 Å². The van der Waals surface area contributed by atoms with Gasteiger partial charge in [-0.1, -0.05) is 42.5 Å². The van der Waals surface area contributed by atoms with Crippen LogP contribution in [0.4, 0.5) is 5.69 Å². The van der Waals surface area contributed by atoms with Gasteiger partial charge < -0.3 is 14.2 Å². The lowest BCUT2D eigenvalue weighted by atomic mass is 10.2. The molecule has 4 rings (SSSR count). The minimum absolute atomic E-state index is 0.0194. The molecule has 3 aromatic carbocycles. The van der Waals surface area contributed by atoms with Gasteiger partial charge in [-0.25, -0.2) is 4.98 Å². The maximum absolute atomic E-state index is 13.2. The van der Waals surface area contributed by atoms with E-state index in [4.69, 9.17) is 9.72 Å². The Labute approximate surface area is 170 Å². The van der Waals surface area contributed by atoms with Gasteiger partial charge in [0.15, 0.2) is 0 Å². The largest absolute Gasteiger partial charge is 0.497 e. The Kier molecular flexibility index (Phi) is 5.29. The van der Waals surface area contributed by atoms with E-state index >= 15 is 0 Å². The molecule has 0 saturated heterocycles. The van der Waals surface area contributed by atoms with Gasteiger partial charge in [-0.15, -0.1) is 0 Å². The molecule has 0 spiro atoms. The number of carbonyl (C=O) groups excluding carboxylic acids is 1. The molecular formula is C24H23N3O2. The van der Waals surface area contributed by atoms with Crippen molar-refractivity contribution in [2.24, 2.45) is 0 Å². The highest BCUT2D eigenvalue weighted by Crippen LogP contribution is 2.28. The molecule has 1 amide bonds. The minimum atomic E-state index is 0.0194. The van der Waals surface area contributed by atoms with Crippen LogP contribution < -0.4 is 9.64 Å². The number of para-hydroxylation sites is 3. The molecule has 0 aliphatic heterocycles. The number of ether oxygens (including phenoxy) is 1. The minimum Gasteiger partial charge on any atom is -0.497 e. The van der Waals surface area contributed by atoms with Gasteiger partial charge >= 0.3 is 0 Å². The van der Waals surface area contributed by atoms with Crippen molar-refractivity contribution in [1.29, 1.82) is 0 Å². The standard InChI is InChI=1S/C24H23N3O2/c1-3-26(19-11-5-4-6-12-19)23(28)17-27-22-15-8-7-14-21(22)25-24(27)18-10-9-13-20(16-18)29-2/h4-16H,3,17H2,1-2H3. The number of fused-ring (bicyclic) bond motifs is 1. The number of nitrogens with zero attached hydrogens (tertiary/aromatic N) is 3. The summed E-state index contributed by atoms with van der Waals surface area (Å²) in [5.41, 5.74) is 3.60. The number of aromatic nitrogens is 2. The van der Waals surface area contributed by atoms with Crippen molar-refractivity contribution in [2.75, 3.05) is 18.6 Å². The third-order valence-electron chi connectivity index (χ3n) is 4.96. The first-order chi connectivity index (χ1) is 14.2. The fraction of sp³-hybridized carbons (Fsp3) is 0.167. The third kappa shape index (κ3) is 3.72. The van der Waals surface area contributed by atoms with Crippen LogP contribution in [0.2, 0.25) is 0 Å².